The van der Waals surface area contributed by atoms with Gasteiger partial charge in [0.15, 0.2) is 0 Å². The Morgan fingerprint density at radius 1 is 1.50 bits per heavy atom. The van der Waals surface area contributed by atoms with Crippen LogP contribution in [0.2, 0.25) is 0 Å². The van der Waals surface area contributed by atoms with Gasteiger partial charge >= 0.3 is 5.97 Å². The number of aryl methyl sites for hydroxylation is 1. The number of hydrogen-bond donors (Lipinski definition) is 1. The zero-order valence-corrected chi connectivity index (χ0v) is 8.74. The predicted octanol–water partition coefficient (Wildman–Crippen LogP) is 2.44. The van der Waals surface area contributed by atoms with Crippen LogP contribution in [0.1, 0.15) is 24.0 Å². The van der Waals surface area contributed by atoms with Crippen molar-refractivity contribution in [1.82, 2.24) is 0 Å². The quantitative estimate of drug-likeness (QED) is 0.808. The van der Waals surface area contributed by atoms with E-state index in [0.29, 0.717) is 12.0 Å². The fourth-order valence-corrected chi connectivity index (χ4v) is 1.28. The van der Waals surface area contributed by atoms with Gasteiger partial charge in [0, 0.05) is 6.42 Å². The minimum Gasteiger partial charge on any atom is -0.507 e. The molecule has 3 nitrogen and oxygen atoms in total. The van der Waals surface area contributed by atoms with E-state index in [4.69, 9.17) is 5.11 Å². The Kier molecular flexibility index (Phi) is 4.22. The third-order valence-corrected chi connectivity index (χ3v) is 2.17. The molecule has 0 aromatic heterocycles. The van der Waals surface area contributed by atoms with Crippen LogP contribution in [0.5, 0.6) is 5.75 Å². The van der Waals surface area contributed by atoms with Crippen molar-refractivity contribution in [2.45, 2.75) is 19.3 Å². The molecule has 1 rings (SSSR count). The van der Waals surface area contributed by atoms with Crippen LogP contribution in [0, 0.1) is 0 Å². The number of ether oxygens (including phenoxy) is 1. The molecule has 16 heavy (non-hydrogen) atoms. The van der Waals surface area contributed by atoms with Crippen LogP contribution < -0.4 is 0 Å². The zero-order chi connectivity index (χ0) is 12.1. The maximum atomic E-state index is 12.4. The van der Waals surface area contributed by atoms with E-state index in [9.17, 15) is 13.6 Å². The Morgan fingerprint density at radius 3 is 2.75 bits per heavy atom. The van der Waals surface area contributed by atoms with Gasteiger partial charge in [-0.15, -0.1) is 0 Å². The van der Waals surface area contributed by atoms with Crippen molar-refractivity contribution in [2.75, 3.05) is 7.11 Å². The van der Waals surface area contributed by atoms with Crippen molar-refractivity contribution in [2.24, 2.45) is 0 Å². The summed E-state index contributed by atoms with van der Waals surface area (Å²) in [5.41, 5.74) is 0.154. The number of halogens is 2. The van der Waals surface area contributed by atoms with Crippen molar-refractivity contribution in [1.29, 1.82) is 0 Å². The lowest BCUT2D eigenvalue weighted by Crippen LogP contribution is -2.02. The maximum Gasteiger partial charge on any atom is 0.305 e. The van der Waals surface area contributed by atoms with Crippen LogP contribution in [-0.4, -0.2) is 18.2 Å². The van der Waals surface area contributed by atoms with Crippen molar-refractivity contribution in [3.05, 3.63) is 29.3 Å². The van der Waals surface area contributed by atoms with Gasteiger partial charge in [0.2, 0.25) is 0 Å². The molecule has 1 aromatic rings. The molecule has 5 heteroatoms. The van der Waals surface area contributed by atoms with Crippen LogP contribution in [0.25, 0.3) is 0 Å². The number of phenolic OH excluding ortho intramolecular Hbond substituents is 1. The molecule has 0 saturated heterocycles. The molecule has 0 spiro atoms. The first-order valence-corrected chi connectivity index (χ1v) is 4.71. The molecule has 0 aliphatic carbocycles. The van der Waals surface area contributed by atoms with E-state index in [2.05, 4.69) is 4.74 Å². The third-order valence-electron chi connectivity index (χ3n) is 2.17. The summed E-state index contributed by atoms with van der Waals surface area (Å²) in [6.45, 7) is 0. The highest BCUT2D eigenvalue weighted by molar-refractivity contribution is 5.69. The van der Waals surface area contributed by atoms with Crippen LogP contribution >= 0.6 is 0 Å². The number of methoxy groups -OCH3 is 1. The van der Waals surface area contributed by atoms with Gasteiger partial charge in [-0.2, -0.15) is 0 Å². The van der Waals surface area contributed by atoms with E-state index in [1.807, 2.05) is 0 Å². The first-order chi connectivity index (χ1) is 7.54. The van der Waals surface area contributed by atoms with Gasteiger partial charge in [-0.1, -0.05) is 6.07 Å². The minimum atomic E-state index is -2.72. The van der Waals surface area contributed by atoms with Gasteiger partial charge in [0.1, 0.15) is 5.75 Å². The minimum absolute atomic E-state index is 0.129. The van der Waals surface area contributed by atoms with Gasteiger partial charge in [0.25, 0.3) is 6.43 Å². The first-order valence-electron chi connectivity index (χ1n) is 4.71. The number of phenols is 1. The zero-order valence-electron chi connectivity index (χ0n) is 8.74. The maximum absolute atomic E-state index is 12.4. The van der Waals surface area contributed by atoms with Gasteiger partial charge < -0.3 is 9.84 Å². The summed E-state index contributed by atoms with van der Waals surface area (Å²) in [5.74, 6) is -0.830. The molecule has 0 saturated carbocycles. The topological polar surface area (TPSA) is 46.5 Å². The van der Waals surface area contributed by atoms with E-state index in [1.54, 1.807) is 0 Å². The lowest BCUT2D eigenvalue weighted by Gasteiger charge is -2.06. The Balaban J connectivity index is 2.75. The molecule has 0 aliphatic rings. The number of carbonyl (C=O) groups excluding carboxylic acids is 1. The molecule has 0 atom stereocenters. The summed E-state index contributed by atoms with van der Waals surface area (Å²) in [5, 5.41) is 9.16. The number of aromatic hydroxyl groups is 1. The number of esters is 1. The van der Waals surface area contributed by atoms with Crippen LogP contribution in [0.4, 0.5) is 8.78 Å². The number of benzene rings is 1. The second-order valence-electron chi connectivity index (χ2n) is 3.27. The molecular weight excluding hydrogens is 218 g/mol. The molecular formula is C11H12F2O3. The normalized spacial score (nSPS) is 10.5. The Morgan fingerprint density at radius 2 is 2.19 bits per heavy atom. The highest BCUT2D eigenvalue weighted by Gasteiger charge is 2.13. The number of rotatable bonds is 4. The lowest BCUT2D eigenvalue weighted by molar-refractivity contribution is -0.140. The Hall–Kier alpha value is -1.65. The van der Waals surface area contributed by atoms with Crippen LogP contribution in [0.15, 0.2) is 18.2 Å². The average molecular weight is 230 g/mol. The molecule has 0 radical (unpaired) electrons. The van der Waals surface area contributed by atoms with Crippen molar-refractivity contribution in [3.63, 3.8) is 0 Å². The molecule has 0 unspecified atom stereocenters. The summed E-state index contributed by atoms with van der Waals surface area (Å²) < 4.78 is 29.3. The number of carbonyl (C=O) groups is 1. The molecule has 1 N–H and O–H groups in total. The van der Waals surface area contributed by atoms with Crippen molar-refractivity contribution < 1.29 is 23.4 Å². The van der Waals surface area contributed by atoms with E-state index in [1.165, 1.54) is 25.3 Å². The number of alkyl halides is 2. The van der Waals surface area contributed by atoms with Gasteiger partial charge in [-0.25, -0.2) is 8.78 Å². The molecule has 0 aliphatic heterocycles. The van der Waals surface area contributed by atoms with Gasteiger partial charge in [-0.3, -0.25) is 4.79 Å². The predicted molar refractivity (Wildman–Crippen MR) is 53.4 cm³/mol. The average Bonchev–Trinajstić information content (AvgIpc) is 2.27. The summed E-state index contributed by atoms with van der Waals surface area (Å²) in [6.07, 6.45) is -2.28. The summed E-state index contributed by atoms with van der Waals surface area (Å²) in [7, 11) is 1.27. The second-order valence-corrected chi connectivity index (χ2v) is 3.27. The smallest absolute Gasteiger partial charge is 0.305 e. The fraction of sp³-hybridized carbons (Fsp3) is 0.364. The van der Waals surface area contributed by atoms with E-state index < -0.39 is 23.7 Å². The Bertz CT molecular complexity index is 377. The summed E-state index contributed by atoms with van der Waals surface area (Å²) in [6, 6.07) is 3.90. The Labute approximate surface area is 91.7 Å². The first kappa shape index (κ1) is 12.4. The lowest BCUT2D eigenvalue weighted by atomic mass is 10.1. The van der Waals surface area contributed by atoms with E-state index in [-0.39, 0.29) is 6.42 Å². The standard InChI is InChI=1S/C11H12F2O3/c1-16-10(15)5-3-7-2-4-9(14)8(6-7)11(12)13/h2,4,6,11,14H,3,5H2,1H3. The van der Waals surface area contributed by atoms with Crippen LogP contribution in [-0.2, 0) is 16.0 Å². The van der Waals surface area contributed by atoms with Crippen LogP contribution in [0.3, 0.4) is 0 Å². The largest absolute Gasteiger partial charge is 0.507 e. The molecule has 0 fully saturated rings. The summed E-state index contributed by atoms with van der Waals surface area (Å²) >= 11 is 0. The van der Waals surface area contributed by atoms with E-state index in [0.717, 1.165) is 0 Å². The third kappa shape index (κ3) is 3.18. The fourth-order valence-electron chi connectivity index (χ4n) is 1.28. The van der Waals surface area contributed by atoms with Gasteiger partial charge in [0.05, 0.1) is 12.7 Å². The molecule has 0 heterocycles. The monoisotopic (exact) mass is 230 g/mol. The SMILES string of the molecule is COC(=O)CCc1ccc(O)c(C(F)F)c1. The van der Waals surface area contributed by atoms with Crippen molar-refractivity contribution in [3.8, 4) is 5.75 Å². The highest BCUT2D eigenvalue weighted by atomic mass is 19.3. The highest BCUT2D eigenvalue weighted by Crippen LogP contribution is 2.29. The number of hydrogen-bond acceptors (Lipinski definition) is 3. The van der Waals surface area contributed by atoms with Crippen molar-refractivity contribution >= 4 is 5.97 Å². The second kappa shape index (κ2) is 5.44. The summed E-state index contributed by atoms with van der Waals surface area (Å²) in [4.78, 5) is 10.9. The molecule has 0 amide bonds. The molecule has 1 aromatic carbocycles. The molecule has 88 valence electrons. The van der Waals surface area contributed by atoms with E-state index >= 15 is 0 Å². The van der Waals surface area contributed by atoms with Gasteiger partial charge in [-0.05, 0) is 24.1 Å². The molecule has 0 bridgehead atoms.